The van der Waals surface area contributed by atoms with Gasteiger partial charge in [-0.1, -0.05) is 6.92 Å². The summed E-state index contributed by atoms with van der Waals surface area (Å²) < 4.78 is 0. The van der Waals surface area contributed by atoms with Crippen LogP contribution in [0.2, 0.25) is 0 Å². The summed E-state index contributed by atoms with van der Waals surface area (Å²) in [6.45, 7) is 6.37. The van der Waals surface area contributed by atoms with Crippen molar-refractivity contribution >= 4 is 11.5 Å². The minimum Gasteiger partial charge on any atom is -0.370 e. The van der Waals surface area contributed by atoms with Gasteiger partial charge in [0.05, 0.1) is 11.0 Å². The van der Waals surface area contributed by atoms with E-state index in [-0.39, 0.29) is 10.6 Å². The van der Waals surface area contributed by atoms with E-state index >= 15 is 0 Å². The van der Waals surface area contributed by atoms with Gasteiger partial charge in [0, 0.05) is 18.3 Å². The molecule has 2 N–H and O–H groups in total. The third-order valence-electron chi connectivity index (χ3n) is 2.36. The number of nitrogens with zero attached hydrogens (tertiary/aromatic N) is 2. The topological polar surface area (TPSA) is 80.1 Å². The minimum absolute atomic E-state index is 0.106. The lowest BCUT2D eigenvalue weighted by Crippen LogP contribution is -2.17. The Morgan fingerprint density at radius 2 is 2.24 bits per heavy atom. The summed E-state index contributed by atoms with van der Waals surface area (Å²) in [5, 5.41) is 17.0. The van der Waals surface area contributed by atoms with Crippen molar-refractivity contribution in [2.75, 3.05) is 25.0 Å². The number of anilines is 1. The molecule has 6 nitrogen and oxygen atoms in total. The fraction of sp³-hybridized carbons (Fsp3) is 0.545. The van der Waals surface area contributed by atoms with E-state index in [1.165, 1.54) is 12.3 Å². The van der Waals surface area contributed by atoms with Crippen molar-refractivity contribution in [1.29, 1.82) is 0 Å². The molecule has 1 aromatic rings. The highest BCUT2D eigenvalue weighted by molar-refractivity contribution is 5.48. The van der Waals surface area contributed by atoms with Crippen molar-refractivity contribution in [3.8, 4) is 0 Å². The highest BCUT2D eigenvalue weighted by Crippen LogP contribution is 2.19. The molecular weight excluding hydrogens is 220 g/mol. The van der Waals surface area contributed by atoms with Gasteiger partial charge in [-0.25, -0.2) is 4.98 Å². The average molecular weight is 238 g/mol. The molecule has 1 rings (SSSR count). The number of hydrogen-bond donors (Lipinski definition) is 2. The lowest BCUT2D eigenvalue weighted by molar-refractivity contribution is -0.385. The van der Waals surface area contributed by atoms with Gasteiger partial charge in [0.25, 0.3) is 5.69 Å². The van der Waals surface area contributed by atoms with Gasteiger partial charge in [-0.15, -0.1) is 0 Å². The zero-order valence-corrected chi connectivity index (χ0v) is 10.2. The Morgan fingerprint density at radius 3 is 2.88 bits per heavy atom. The van der Waals surface area contributed by atoms with E-state index in [9.17, 15) is 10.1 Å². The monoisotopic (exact) mass is 238 g/mol. The highest BCUT2D eigenvalue weighted by Gasteiger charge is 2.11. The van der Waals surface area contributed by atoms with Crippen molar-refractivity contribution in [3.05, 3.63) is 27.9 Å². The lowest BCUT2D eigenvalue weighted by Gasteiger charge is -2.06. The maximum absolute atomic E-state index is 10.7. The normalized spacial score (nSPS) is 10.2. The van der Waals surface area contributed by atoms with Gasteiger partial charge >= 0.3 is 0 Å². The van der Waals surface area contributed by atoms with Gasteiger partial charge < -0.3 is 10.6 Å². The molecule has 0 spiro atoms. The molecule has 0 radical (unpaired) electrons. The number of nitrogens with one attached hydrogen (secondary N) is 2. The molecule has 0 unspecified atom stereocenters. The van der Waals surface area contributed by atoms with Crippen LogP contribution < -0.4 is 10.6 Å². The van der Waals surface area contributed by atoms with Gasteiger partial charge in [0.15, 0.2) is 0 Å². The molecule has 0 amide bonds. The molecule has 0 saturated carbocycles. The van der Waals surface area contributed by atoms with Crippen LogP contribution in [-0.2, 0) is 0 Å². The van der Waals surface area contributed by atoms with Gasteiger partial charge in [0.1, 0.15) is 5.82 Å². The van der Waals surface area contributed by atoms with Crippen molar-refractivity contribution in [3.63, 3.8) is 0 Å². The second kappa shape index (κ2) is 6.80. The number of aromatic nitrogens is 1. The molecule has 1 aromatic heterocycles. The van der Waals surface area contributed by atoms with Crippen LogP contribution in [0.3, 0.4) is 0 Å². The fourth-order valence-electron chi connectivity index (χ4n) is 1.41. The summed E-state index contributed by atoms with van der Waals surface area (Å²) in [4.78, 5) is 14.4. The van der Waals surface area contributed by atoms with E-state index in [1.807, 2.05) is 0 Å². The van der Waals surface area contributed by atoms with Gasteiger partial charge in [-0.3, -0.25) is 10.1 Å². The molecule has 0 aromatic carbocycles. The summed E-state index contributed by atoms with van der Waals surface area (Å²) in [7, 11) is 0. The maximum Gasteiger partial charge on any atom is 0.277 e. The summed E-state index contributed by atoms with van der Waals surface area (Å²) in [6, 6.07) is 1.47. The van der Waals surface area contributed by atoms with Gasteiger partial charge in [-0.2, -0.15) is 0 Å². The maximum atomic E-state index is 10.7. The third kappa shape index (κ3) is 4.36. The second-order valence-corrected chi connectivity index (χ2v) is 3.75. The van der Waals surface area contributed by atoms with Crippen molar-refractivity contribution in [2.45, 2.75) is 20.3 Å². The van der Waals surface area contributed by atoms with Crippen LogP contribution in [0.4, 0.5) is 11.5 Å². The van der Waals surface area contributed by atoms with Gasteiger partial charge in [-0.05, 0) is 26.4 Å². The highest BCUT2D eigenvalue weighted by atomic mass is 16.6. The molecule has 94 valence electrons. The molecule has 0 aliphatic rings. The van der Waals surface area contributed by atoms with E-state index in [2.05, 4.69) is 22.5 Å². The molecule has 6 heteroatoms. The van der Waals surface area contributed by atoms with E-state index in [1.54, 1.807) is 6.92 Å². The first kappa shape index (κ1) is 13.4. The second-order valence-electron chi connectivity index (χ2n) is 3.75. The predicted molar refractivity (Wildman–Crippen MR) is 67.3 cm³/mol. The Bertz CT molecular complexity index is 382. The van der Waals surface area contributed by atoms with E-state index in [0.29, 0.717) is 11.4 Å². The molecule has 17 heavy (non-hydrogen) atoms. The molecule has 0 bridgehead atoms. The summed E-state index contributed by atoms with van der Waals surface area (Å²) in [5.41, 5.74) is 0.683. The largest absolute Gasteiger partial charge is 0.370 e. The molecule has 1 heterocycles. The molecule has 0 aliphatic heterocycles. The van der Waals surface area contributed by atoms with Crippen LogP contribution in [0, 0.1) is 17.0 Å². The summed E-state index contributed by atoms with van der Waals surface area (Å²) >= 11 is 0. The van der Waals surface area contributed by atoms with E-state index in [0.717, 1.165) is 26.1 Å². The molecule has 0 atom stereocenters. The summed E-state index contributed by atoms with van der Waals surface area (Å²) in [6.07, 6.45) is 2.47. The van der Waals surface area contributed by atoms with Crippen LogP contribution in [0.5, 0.6) is 0 Å². The van der Waals surface area contributed by atoms with E-state index < -0.39 is 0 Å². The molecule has 0 fully saturated rings. The zero-order valence-electron chi connectivity index (χ0n) is 10.2. The lowest BCUT2D eigenvalue weighted by atomic mass is 10.2. The first-order chi connectivity index (χ1) is 8.15. The first-order valence-corrected chi connectivity index (χ1v) is 5.70. The standard InChI is InChI=1S/C11H18N4O2/c1-3-12-5-4-6-13-11-7-10(15(16)17)9(2)8-14-11/h7-8,12H,3-6H2,1-2H3,(H,13,14). The zero-order chi connectivity index (χ0) is 12.7. The third-order valence-corrected chi connectivity index (χ3v) is 2.36. The number of aryl methyl sites for hydroxylation is 1. The summed E-state index contributed by atoms with van der Waals surface area (Å²) in [5.74, 6) is 0.554. The predicted octanol–water partition coefficient (Wildman–Crippen LogP) is 1.71. The number of nitro groups is 1. The Morgan fingerprint density at radius 1 is 1.47 bits per heavy atom. The van der Waals surface area contributed by atoms with Crippen molar-refractivity contribution in [1.82, 2.24) is 10.3 Å². The van der Waals surface area contributed by atoms with Crippen LogP contribution in [0.15, 0.2) is 12.3 Å². The fourth-order valence-corrected chi connectivity index (χ4v) is 1.41. The average Bonchev–Trinajstić information content (AvgIpc) is 2.30. The first-order valence-electron chi connectivity index (χ1n) is 5.70. The van der Waals surface area contributed by atoms with Crippen LogP contribution >= 0.6 is 0 Å². The number of hydrogen-bond acceptors (Lipinski definition) is 5. The molecule has 0 aliphatic carbocycles. The van der Waals surface area contributed by atoms with Crippen molar-refractivity contribution < 1.29 is 4.92 Å². The van der Waals surface area contributed by atoms with Crippen LogP contribution in [0.1, 0.15) is 18.9 Å². The minimum atomic E-state index is -0.388. The number of pyridine rings is 1. The SMILES string of the molecule is CCNCCCNc1cc([N+](=O)[O-])c(C)cn1. The Labute approximate surface area is 101 Å². The molecular formula is C11H18N4O2. The molecule has 0 saturated heterocycles. The van der Waals surface area contributed by atoms with Crippen LogP contribution in [-0.4, -0.2) is 29.5 Å². The Hall–Kier alpha value is -1.69. The van der Waals surface area contributed by atoms with Crippen LogP contribution in [0.25, 0.3) is 0 Å². The van der Waals surface area contributed by atoms with Crippen molar-refractivity contribution in [2.24, 2.45) is 0 Å². The quantitative estimate of drug-likeness (QED) is 0.429. The Balaban J connectivity index is 2.49. The smallest absolute Gasteiger partial charge is 0.277 e. The van der Waals surface area contributed by atoms with E-state index in [4.69, 9.17) is 0 Å². The Kier molecular flexibility index (Phi) is 5.35. The number of rotatable bonds is 7. The van der Waals surface area contributed by atoms with Gasteiger partial charge in [0.2, 0.25) is 0 Å².